The number of esters is 2. The van der Waals surface area contributed by atoms with Crippen molar-refractivity contribution in [2.45, 2.75) is 32.0 Å². The van der Waals surface area contributed by atoms with Gasteiger partial charge in [0.15, 0.2) is 5.16 Å². The van der Waals surface area contributed by atoms with E-state index in [9.17, 15) is 14.4 Å². The normalized spacial score (nSPS) is 10.5. The van der Waals surface area contributed by atoms with Crippen LogP contribution in [0.25, 0.3) is 0 Å². The molecule has 0 unspecified atom stereocenters. The third-order valence-corrected chi connectivity index (χ3v) is 4.02. The number of imidazole rings is 1. The van der Waals surface area contributed by atoms with Gasteiger partial charge < -0.3 is 19.8 Å². The van der Waals surface area contributed by atoms with Crippen LogP contribution in [0.5, 0.6) is 0 Å². The Bertz CT molecular complexity index is 802. The first-order valence-corrected chi connectivity index (χ1v) is 9.33. The summed E-state index contributed by atoms with van der Waals surface area (Å²) in [5.41, 5.74) is 1.22. The van der Waals surface area contributed by atoms with Gasteiger partial charge in [0.2, 0.25) is 5.91 Å². The summed E-state index contributed by atoms with van der Waals surface area (Å²) in [4.78, 5) is 42.2. The maximum Gasteiger partial charge on any atom is 0.356 e. The molecule has 2 rings (SSSR count). The summed E-state index contributed by atoms with van der Waals surface area (Å²) in [5, 5.41) is 3.17. The summed E-state index contributed by atoms with van der Waals surface area (Å²) in [6, 6.07) is 6.44. The van der Waals surface area contributed by atoms with Gasteiger partial charge >= 0.3 is 11.9 Å². The van der Waals surface area contributed by atoms with Gasteiger partial charge in [-0.05, 0) is 45.0 Å². The molecule has 0 bridgehead atoms. The quantitative estimate of drug-likeness (QED) is 0.526. The van der Waals surface area contributed by atoms with Crippen LogP contribution in [0.1, 0.15) is 41.6 Å². The standard InChI is InChI=1S/C18H21N3O5S/c1-4-25-17(24)14-9-19-18(21-14)27-10-15(22)20-13-7-5-12(6-8-13)16(23)26-11(2)3/h5-9,11H,4,10H2,1-3H3,(H,19,21)(H,20,22). The highest BCUT2D eigenvalue weighted by atomic mass is 32.2. The number of rotatable bonds is 8. The zero-order valence-corrected chi connectivity index (χ0v) is 16.1. The van der Waals surface area contributed by atoms with E-state index in [2.05, 4.69) is 15.3 Å². The molecule has 144 valence electrons. The molecule has 8 nitrogen and oxygen atoms in total. The van der Waals surface area contributed by atoms with E-state index in [0.717, 1.165) is 11.8 Å². The van der Waals surface area contributed by atoms with Crippen molar-refractivity contribution in [2.75, 3.05) is 17.7 Å². The molecule has 0 atom stereocenters. The Balaban J connectivity index is 1.83. The van der Waals surface area contributed by atoms with Crippen molar-refractivity contribution in [3.63, 3.8) is 0 Å². The van der Waals surface area contributed by atoms with Crippen molar-refractivity contribution in [1.82, 2.24) is 9.97 Å². The summed E-state index contributed by atoms with van der Waals surface area (Å²) >= 11 is 1.16. The van der Waals surface area contributed by atoms with Crippen LogP contribution < -0.4 is 5.32 Å². The molecule has 0 aliphatic carbocycles. The lowest BCUT2D eigenvalue weighted by Gasteiger charge is -2.09. The Morgan fingerprint density at radius 1 is 1.19 bits per heavy atom. The number of anilines is 1. The van der Waals surface area contributed by atoms with Crippen LogP contribution in [0.4, 0.5) is 5.69 Å². The van der Waals surface area contributed by atoms with Gasteiger partial charge in [-0.3, -0.25) is 4.79 Å². The SMILES string of the molecule is CCOC(=O)c1cnc(SCC(=O)Nc2ccc(C(=O)OC(C)C)cc2)[nH]1. The smallest absolute Gasteiger partial charge is 0.356 e. The second-order valence-corrected chi connectivity index (χ2v) is 6.65. The predicted octanol–water partition coefficient (Wildman–Crippen LogP) is 2.88. The molecule has 2 aromatic rings. The molecular weight excluding hydrogens is 370 g/mol. The Morgan fingerprint density at radius 3 is 2.52 bits per heavy atom. The first kappa shape index (κ1) is 20.5. The van der Waals surface area contributed by atoms with Gasteiger partial charge in [0.1, 0.15) is 5.69 Å². The molecule has 1 heterocycles. The molecule has 0 aliphatic rings. The van der Waals surface area contributed by atoms with Crippen molar-refractivity contribution in [1.29, 1.82) is 0 Å². The van der Waals surface area contributed by atoms with E-state index < -0.39 is 11.9 Å². The highest BCUT2D eigenvalue weighted by Crippen LogP contribution is 2.16. The lowest BCUT2D eigenvalue weighted by atomic mass is 10.2. The van der Waals surface area contributed by atoms with E-state index in [1.165, 1.54) is 6.20 Å². The van der Waals surface area contributed by atoms with Crippen LogP contribution in [0.2, 0.25) is 0 Å². The number of carbonyl (C=O) groups is 3. The fourth-order valence-electron chi connectivity index (χ4n) is 1.99. The number of amides is 1. The summed E-state index contributed by atoms with van der Waals surface area (Å²) in [7, 11) is 0. The van der Waals surface area contributed by atoms with Crippen LogP contribution in [-0.2, 0) is 14.3 Å². The topological polar surface area (TPSA) is 110 Å². The molecule has 0 saturated carbocycles. The number of nitrogens with zero attached hydrogens (tertiary/aromatic N) is 1. The molecule has 1 aromatic heterocycles. The number of thioether (sulfide) groups is 1. The first-order valence-electron chi connectivity index (χ1n) is 8.35. The van der Waals surface area contributed by atoms with Crippen LogP contribution in [0, 0.1) is 0 Å². The lowest BCUT2D eigenvalue weighted by Crippen LogP contribution is -2.15. The first-order chi connectivity index (χ1) is 12.9. The Labute approximate surface area is 161 Å². The van der Waals surface area contributed by atoms with Crippen molar-refractivity contribution < 1.29 is 23.9 Å². The largest absolute Gasteiger partial charge is 0.461 e. The molecule has 2 N–H and O–H groups in total. The Hall–Kier alpha value is -2.81. The van der Waals surface area contributed by atoms with Crippen LogP contribution in [0.3, 0.4) is 0 Å². The van der Waals surface area contributed by atoms with Gasteiger partial charge in [0.05, 0.1) is 30.2 Å². The lowest BCUT2D eigenvalue weighted by molar-refractivity contribution is -0.113. The number of H-pyrrole nitrogens is 1. The molecule has 0 radical (unpaired) electrons. The van der Waals surface area contributed by atoms with E-state index in [-0.39, 0.29) is 30.1 Å². The third kappa shape index (κ3) is 6.45. The molecule has 0 saturated heterocycles. The maximum atomic E-state index is 12.0. The number of aromatic amines is 1. The summed E-state index contributed by atoms with van der Waals surface area (Å²) in [6.45, 7) is 5.54. The minimum Gasteiger partial charge on any atom is -0.461 e. The highest BCUT2D eigenvalue weighted by Gasteiger charge is 2.13. The van der Waals surface area contributed by atoms with Gasteiger partial charge in [0, 0.05) is 5.69 Å². The molecule has 27 heavy (non-hydrogen) atoms. The minimum atomic E-state index is -0.489. The van der Waals surface area contributed by atoms with Gasteiger partial charge in [-0.15, -0.1) is 0 Å². The number of ether oxygens (including phenoxy) is 2. The average Bonchev–Trinajstić information content (AvgIpc) is 3.09. The average molecular weight is 391 g/mol. The molecule has 1 aromatic carbocycles. The maximum absolute atomic E-state index is 12.0. The van der Waals surface area contributed by atoms with Crippen molar-refractivity contribution in [3.05, 3.63) is 41.7 Å². The van der Waals surface area contributed by atoms with E-state index in [0.29, 0.717) is 16.4 Å². The molecule has 0 fully saturated rings. The van der Waals surface area contributed by atoms with E-state index in [1.54, 1.807) is 45.0 Å². The summed E-state index contributed by atoms with van der Waals surface area (Å²) < 4.78 is 9.97. The third-order valence-electron chi connectivity index (χ3n) is 3.13. The number of aromatic nitrogens is 2. The molecule has 9 heteroatoms. The van der Waals surface area contributed by atoms with E-state index in [1.807, 2.05) is 0 Å². The second-order valence-electron chi connectivity index (χ2n) is 5.69. The number of nitrogens with one attached hydrogen (secondary N) is 2. The molecular formula is C18H21N3O5S. The zero-order chi connectivity index (χ0) is 19.8. The van der Waals surface area contributed by atoms with Gasteiger partial charge in [0.25, 0.3) is 0 Å². The number of carbonyl (C=O) groups excluding carboxylic acids is 3. The number of benzene rings is 1. The molecule has 0 spiro atoms. The van der Waals surface area contributed by atoms with Crippen LogP contribution in [0.15, 0.2) is 35.6 Å². The second kappa shape index (κ2) is 9.77. The fourth-order valence-corrected chi connectivity index (χ4v) is 2.64. The van der Waals surface area contributed by atoms with Crippen molar-refractivity contribution in [3.8, 4) is 0 Å². The van der Waals surface area contributed by atoms with Gasteiger partial charge in [-0.2, -0.15) is 0 Å². The van der Waals surface area contributed by atoms with Crippen molar-refractivity contribution in [2.24, 2.45) is 0 Å². The van der Waals surface area contributed by atoms with Crippen LogP contribution in [-0.4, -0.2) is 46.3 Å². The highest BCUT2D eigenvalue weighted by molar-refractivity contribution is 7.99. The summed E-state index contributed by atoms with van der Waals surface area (Å²) in [5.74, 6) is -1.04. The van der Waals surface area contributed by atoms with Gasteiger partial charge in [-0.1, -0.05) is 11.8 Å². The zero-order valence-electron chi connectivity index (χ0n) is 15.3. The Kier molecular flexibility index (Phi) is 7.42. The van der Waals surface area contributed by atoms with Crippen molar-refractivity contribution >= 4 is 35.3 Å². The molecule has 0 aliphatic heterocycles. The molecule has 1 amide bonds. The Morgan fingerprint density at radius 2 is 1.89 bits per heavy atom. The fraction of sp³-hybridized carbons (Fsp3) is 0.333. The number of hydrogen-bond acceptors (Lipinski definition) is 7. The summed E-state index contributed by atoms with van der Waals surface area (Å²) in [6.07, 6.45) is 1.17. The van der Waals surface area contributed by atoms with E-state index in [4.69, 9.17) is 9.47 Å². The van der Waals surface area contributed by atoms with Crippen LogP contribution >= 0.6 is 11.8 Å². The van der Waals surface area contributed by atoms with E-state index >= 15 is 0 Å². The monoisotopic (exact) mass is 391 g/mol. The van der Waals surface area contributed by atoms with Gasteiger partial charge in [-0.25, -0.2) is 14.6 Å². The predicted molar refractivity (Wildman–Crippen MR) is 101 cm³/mol. The minimum absolute atomic E-state index is 0.104. The number of hydrogen-bond donors (Lipinski definition) is 2.